The van der Waals surface area contributed by atoms with Gasteiger partial charge >= 0.3 is 6.03 Å². The highest BCUT2D eigenvalue weighted by molar-refractivity contribution is 7.15. The lowest BCUT2D eigenvalue weighted by Crippen LogP contribution is -2.19. The second-order valence-electron chi connectivity index (χ2n) is 6.81. The van der Waals surface area contributed by atoms with Gasteiger partial charge in [0.15, 0.2) is 4.96 Å². The molecule has 31 heavy (non-hydrogen) atoms. The third-order valence-corrected chi connectivity index (χ3v) is 5.39. The Morgan fingerprint density at radius 1 is 0.839 bits per heavy atom. The van der Waals surface area contributed by atoms with E-state index in [1.54, 1.807) is 23.5 Å². The lowest BCUT2D eigenvalue weighted by Gasteiger charge is -2.09. The SMILES string of the molecule is O=C(Nc1ccc(Oc2ccccc2)cc1)Nc1ccc(-c2cn3ccsc3n2)cc1. The Hall–Kier alpha value is -4.10. The van der Waals surface area contributed by atoms with E-state index in [0.29, 0.717) is 17.1 Å². The topological polar surface area (TPSA) is 67.7 Å². The molecule has 6 nitrogen and oxygen atoms in total. The number of aromatic nitrogens is 2. The van der Waals surface area contributed by atoms with Gasteiger partial charge in [-0.25, -0.2) is 9.78 Å². The summed E-state index contributed by atoms with van der Waals surface area (Å²) in [6.07, 6.45) is 3.98. The van der Waals surface area contributed by atoms with Crippen LogP contribution in [0.3, 0.4) is 0 Å². The lowest BCUT2D eigenvalue weighted by atomic mass is 10.1. The number of carbonyl (C=O) groups excluding carboxylic acids is 1. The van der Waals surface area contributed by atoms with Crippen LogP contribution in [-0.4, -0.2) is 15.4 Å². The number of hydrogen-bond donors (Lipinski definition) is 2. The number of fused-ring (bicyclic) bond motifs is 1. The number of anilines is 2. The zero-order chi connectivity index (χ0) is 21.0. The van der Waals surface area contributed by atoms with Crippen LogP contribution in [-0.2, 0) is 0 Å². The minimum absolute atomic E-state index is 0.313. The second-order valence-corrected chi connectivity index (χ2v) is 7.69. The molecule has 3 aromatic carbocycles. The van der Waals surface area contributed by atoms with Crippen LogP contribution < -0.4 is 15.4 Å². The van der Waals surface area contributed by atoms with Crippen LogP contribution in [0.15, 0.2) is 96.6 Å². The number of imidazole rings is 1. The van der Waals surface area contributed by atoms with E-state index >= 15 is 0 Å². The van der Waals surface area contributed by atoms with Crippen molar-refractivity contribution < 1.29 is 9.53 Å². The maximum Gasteiger partial charge on any atom is 0.323 e. The molecule has 0 aliphatic rings. The minimum atomic E-state index is -0.313. The number of ether oxygens (including phenoxy) is 1. The predicted octanol–water partition coefficient (Wildman–Crippen LogP) is 6.50. The first kappa shape index (κ1) is 18.9. The lowest BCUT2D eigenvalue weighted by molar-refractivity contribution is 0.262. The number of thiazole rings is 1. The van der Waals surface area contributed by atoms with E-state index in [-0.39, 0.29) is 6.03 Å². The van der Waals surface area contributed by atoms with Gasteiger partial charge in [0.1, 0.15) is 11.5 Å². The average Bonchev–Trinajstić information content (AvgIpc) is 3.39. The second kappa shape index (κ2) is 8.33. The molecular formula is C24H18N4O2S. The molecule has 0 unspecified atom stereocenters. The number of nitrogens with one attached hydrogen (secondary N) is 2. The summed E-state index contributed by atoms with van der Waals surface area (Å²) < 4.78 is 7.76. The Balaban J connectivity index is 1.19. The molecule has 0 saturated carbocycles. The van der Waals surface area contributed by atoms with E-state index in [1.807, 2.05) is 88.9 Å². The number of amides is 2. The van der Waals surface area contributed by atoms with Gasteiger partial charge in [-0.1, -0.05) is 30.3 Å². The molecule has 0 aliphatic carbocycles. The molecule has 0 bridgehead atoms. The van der Waals surface area contributed by atoms with Gasteiger partial charge in [0.05, 0.1) is 5.69 Å². The van der Waals surface area contributed by atoms with E-state index in [9.17, 15) is 4.79 Å². The number of carbonyl (C=O) groups is 1. The number of para-hydroxylation sites is 1. The van der Waals surface area contributed by atoms with Gasteiger partial charge in [-0.3, -0.25) is 4.40 Å². The van der Waals surface area contributed by atoms with Crippen molar-refractivity contribution in [3.63, 3.8) is 0 Å². The van der Waals surface area contributed by atoms with Crippen LogP contribution in [0.5, 0.6) is 11.5 Å². The fourth-order valence-corrected chi connectivity index (χ4v) is 3.82. The van der Waals surface area contributed by atoms with Crippen LogP contribution in [0.2, 0.25) is 0 Å². The minimum Gasteiger partial charge on any atom is -0.457 e. The standard InChI is InChI=1S/C24H18N4O2S/c29-23(26-19-10-12-21(13-11-19)30-20-4-2-1-3-5-20)25-18-8-6-17(7-9-18)22-16-28-14-15-31-24(28)27-22/h1-16H,(H2,25,26,29). The molecule has 0 aliphatic heterocycles. The van der Waals surface area contributed by atoms with Crippen LogP contribution in [0, 0.1) is 0 Å². The number of nitrogens with zero attached hydrogens (tertiary/aromatic N) is 2. The molecule has 5 aromatic rings. The fraction of sp³-hybridized carbons (Fsp3) is 0. The van der Waals surface area contributed by atoms with Crippen molar-refractivity contribution in [2.75, 3.05) is 10.6 Å². The number of urea groups is 1. The molecule has 2 amide bonds. The zero-order valence-corrected chi connectivity index (χ0v) is 17.2. The zero-order valence-electron chi connectivity index (χ0n) is 16.4. The molecule has 2 N–H and O–H groups in total. The van der Waals surface area contributed by atoms with E-state index in [0.717, 1.165) is 22.0 Å². The van der Waals surface area contributed by atoms with Crippen molar-refractivity contribution in [3.8, 4) is 22.8 Å². The molecule has 2 aromatic heterocycles. The largest absolute Gasteiger partial charge is 0.457 e. The number of hydrogen-bond acceptors (Lipinski definition) is 4. The highest BCUT2D eigenvalue weighted by Gasteiger charge is 2.07. The molecule has 5 rings (SSSR count). The van der Waals surface area contributed by atoms with Gasteiger partial charge in [-0.15, -0.1) is 11.3 Å². The highest BCUT2D eigenvalue weighted by Crippen LogP contribution is 2.24. The van der Waals surface area contributed by atoms with Gasteiger partial charge in [-0.05, 0) is 48.5 Å². The monoisotopic (exact) mass is 426 g/mol. The van der Waals surface area contributed by atoms with E-state index in [2.05, 4.69) is 15.6 Å². The first-order chi connectivity index (χ1) is 15.2. The Morgan fingerprint density at radius 3 is 2.16 bits per heavy atom. The summed E-state index contributed by atoms with van der Waals surface area (Å²) in [4.78, 5) is 17.9. The third-order valence-electron chi connectivity index (χ3n) is 4.62. The highest BCUT2D eigenvalue weighted by atomic mass is 32.1. The van der Waals surface area contributed by atoms with E-state index in [1.165, 1.54) is 0 Å². The van der Waals surface area contributed by atoms with Crippen LogP contribution in [0.25, 0.3) is 16.2 Å². The Morgan fingerprint density at radius 2 is 1.48 bits per heavy atom. The molecule has 0 saturated heterocycles. The average molecular weight is 427 g/mol. The molecule has 2 heterocycles. The summed E-state index contributed by atoms with van der Waals surface area (Å²) in [5.41, 5.74) is 3.27. The van der Waals surface area contributed by atoms with Crippen molar-refractivity contribution in [3.05, 3.63) is 96.6 Å². The fourth-order valence-electron chi connectivity index (χ4n) is 3.12. The van der Waals surface area contributed by atoms with Gasteiger partial charge in [0, 0.05) is 34.7 Å². The van der Waals surface area contributed by atoms with Crippen molar-refractivity contribution in [2.24, 2.45) is 0 Å². The summed E-state index contributed by atoms with van der Waals surface area (Å²) in [6, 6.07) is 24.1. The smallest absolute Gasteiger partial charge is 0.323 e. The van der Waals surface area contributed by atoms with Crippen molar-refractivity contribution in [1.82, 2.24) is 9.38 Å². The number of rotatable bonds is 5. The van der Waals surface area contributed by atoms with Crippen molar-refractivity contribution >= 4 is 33.7 Å². The van der Waals surface area contributed by atoms with E-state index < -0.39 is 0 Å². The van der Waals surface area contributed by atoms with Crippen molar-refractivity contribution in [1.29, 1.82) is 0 Å². The Labute approximate surface area is 182 Å². The molecule has 0 fully saturated rings. The molecule has 152 valence electrons. The van der Waals surface area contributed by atoms with Crippen LogP contribution in [0.1, 0.15) is 0 Å². The van der Waals surface area contributed by atoms with Crippen molar-refractivity contribution in [2.45, 2.75) is 0 Å². The summed E-state index contributed by atoms with van der Waals surface area (Å²) >= 11 is 1.60. The van der Waals surface area contributed by atoms with Crippen LogP contribution >= 0.6 is 11.3 Å². The maximum absolute atomic E-state index is 12.3. The maximum atomic E-state index is 12.3. The number of benzene rings is 3. The Bertz CT molecular complexity index is 1280. The summed E-state index contributed by atoms with van der Waals surface area (Å²) in [5, 5.41) is 7.66. The van der Waals surface area contributed by atoms with E-state index in [4.69, 9.17) is 4.74 Å². The van der Waals surface area contributed by atoms with Gasteiger partial charge < -0.3 is 15.4 Å². The van der Waals surface area contributed by atoms with Gasteiger partial charge in [0.2, 0.25) is 0 Å². The summed E-state index contributed by atoms with van der Waals surface area (Å²) in [6.45, 7) is 0. The normalized spacial score (nSPS) is 10.7. The van der Waals surface area contributed by atoms with Crippen LogP contribution in [0.4, 0.5) is 16.2 Å². The van der Waals surface area contributed by atoms with Gasteiger partial charge in [0.25, 0.3) is 0 Å². The molecular weight excluding hydrogens is 408 g/mol. The molecule has 7 heteroatoms. The summed E-state index contributed by atoms with van der Waals surface area (Å²) in [5.74, 6) is 1.46. The third kappa shape index (κ3) is 4.41. The first-order valence-corrected chi connectivity index (χ1v) is 10.5. The Kier molecular flexibility index (Phi) is 5.08. The predicted molar refractivity (Wildman–Crippen MR) is 124 cm³/mol. The first-order valence-electron chi connectivity index (χ1n) is 9.66. The van der Waals surface area contributed by atoms with Gasteiger partial charge in [-0.2, -0.15) is 0 Å². The quantitative estimate of drug-likeness (QED) is 0.337. The molecule has 0 atom stereocenters. The summed E-state index contributed by atoms with van der Waals surface area (Å²) in [7, 11) is 0. The molecule has 0 spiro atoms. The molecule has 0 radical (unpaired) electrons.